The van der Waals surface area contributed by atoms with E-state index < -0.39 is 0 Å². The Morgan fingerprint density at radius 2 is 1.81 bits per heavy atom. The second-order valence-electron chi connectivity index (χ2n) is 5.75. The van der Waals surface area contributed by atoms with Gasteiger partial charge in [-0.25, -0.2) is 0 Å². The van der Waals surface area contributed by atoms with Crippen molar-refractivity contribution < 1.29 is 4.74 Å². The fourth-order valence-electron chi connectivity index (χ4n) is 2.74. The van der Waals surface area contributed by atoms with Crippen LogP contribution >= 0.6 is 0 Å². The molecule has 2 heteroatoms. The third-order valence-electron chi connectivity index (χ3n) is 4.14. The molecule has 2 aromatic carbocycles. The van der Waals surface area contributed by atoms with Gasteiger partial charge in [0.2, 0.25) is 0 Å². The van der Waals surface area contributed by atoms with Gasteiger partial charge in [-0.15, -0.1) is 0 Å². The summed E-state index contributed by atoms with van der Waals surface area (Å²) in [4.78, 5) is 0. The third-order valence-corrected chi connectivity index (χ3v) is 4.14. The first-order valence-corrected chi connectivity index (χ1v) is 7.78. The maximum atomic E-state index is 5.18. The minimum atomic E-state index is 0.824. The lowest BCUT2D eigenvalue weighted by atomic mass is 10.0. The Kier molecular flexibility index (Phi) is 4.56. The lowest BCUT2D eigenvalue weighted by Crippen LogP contribution is -2.17. The highest BCUT2D eigenvalue weighted by Crippen LogP contribution is 2.41. The quantitative estimate of drug-likeness (QED) is 0.777. The van der Waals surface area contributed by atoms with E-state index in [2.05, 4.69) is 41.7 Å². The minimum Gasteiger partial charge on any atom is -0.497 e. The molecule has 0 aromatic heterocycles. The highest BCUT2D eigenvalue weighted by molar-refractivity contribution is 5.33. The number of hydrogen-bond donors (Lipinski definition) is 1. The summed E-state index contributed by atoms with van der Waals surface area (Å²) in [7, 11) is 1.70. The van der Waals surface area contributed by atoms with E-state index in [4.69, 9.17) is 4.74 Å². The van der Waals surface area contributed by atoms with Crippen LogP contribution in [-0.4, -0.2) is 13.7 Å². The molecule has 1 saturated carbocycles. The van der Waals surface area contributed by atoms with E-state index in [9.17, 15) is 0 Å². The largest absolute Gasteiger partial charge is 0.497 e. The molecule has 0 unspecified atom stereocenters. The van der Waals surface area contributed by atoms with Crippen molar-refractivity contribution >= 4 is 0 Å². The van der Waals surface area contributed by atoms with E-state index in [1.165, 1.54) is 24.0 Å². The monoisotopic (exact) mass is 281 g/mol. The fourth-order valence-corrected chi connectivity index (χ4v) is 2.74. The Bertz CT molecular complexity index is 572. The Hall–Kier alpha value is -1.80. The van der Waals surface area contributed by atoms with Crippen LogP contribution in [0.15, 0.2) is 48.5 Å². The number of methoxy groups -OCH3 is 1. The topological polar surface area (TPSA) is 21.3 Å². The molecule has 2 nitrogen and oxygen atoms in total. The van der Waals surface area contributed by atoms with Gasteiger partial charge in [0.25, 0.3) is 0 Å². The lowest BCUT2D eigenvalue weighted by Gasteiger charge is -2.10. The molecule has 1 aliphatic rings. The summed E-state index contributed by atoms with van der Waals surface area (Å²) >= 11 is 0. The molecule has 0 spiro atoms. The van der Waals surface area contributed by atoms with Crippen LogP contribution in [0.1, 0.15) is 35.4 Å². The zero-order valence-corrected chi connectivity index (χ0v) is 12.6. The molecule has 0 amide bonds. The van der Waals surface area contributed by atoms with Crippen molar-refractivity contribution in [2.75, 3.05) is 13.7 Å². The highest BCUT2D eigenvalue weighted by atomic mass is 16.5. The zero-order valence-electron chi connectivity index (χ0n) is 12.6. The molecule has 1 fully saturated rings. The van der Waals surface area contributed by atoms with Gasteiger partial charge in [0.15, 0.2) is 0 Å². The van der Waals surface area contributed by atoms with Crippen molar-refractivity contribution in [1.29, 1.82) is 0 Å². The van der Waals surface area contributed by atoms with E-state index >= 15 is 0 Å². The van der Waals surface area contributed by atoms with Crippen LogP contribution < -0.4 is 10.1 Å². The first-order chi connectivity index (χ1) is 10.4. The number of hydrogen-bond acceptors (Lipinski definition) is 2. The predicted octanol–water partition coefficient (Wildman–Crippen LogP) is 3.90. The van der Waals surface area contributed by atoms with Gasteiger partial charge in [-0.3, -0.25) is 0 Å². The second kappa shape index (κ2) is 6.77. The first kappa shape index (κ1) is 14.2. The Morgan fingerprint density at radius 1 is 1.05 bits per heavy atom. The van der Waals surface area contributed by atoms with Crippen molar-refractivity contribution in [2.45, 2.75) is 31.7 Å². The van der Waals surface area contributed by atoms with Crippen LogP contribution in [0, 0.1) is 0 Å². The second-order valence-corrected chi connectivity index (χ2v) is 5.75. The van der Waals surface area contributed by atoms with Crippen LogP contribution in [-0.2, 0) is 13.0 Å². The number of nitrogens with one attached hydrogen (secondary N) is 1. The zero-order chi connectivity index (χ0) is 14.5. The molecule has 3 rings (SSSR count). The van der Waals surface area contributed by atoms with E-state index in [0.717, 1.165) is 31.2 Å². The normalized spacial score (nSPS) is 14.1. The van der Waals surface area contributed by atoms with Crippen LogP contribution in [0.5, 0.6) is 5.75 Å². The first-order valence-electron chi connectivity index (χ1n) is 7.78. The smallest absolute Gasteiger partial charge is 0.118 e. The average Bonchev–Trinajstić information content (AvgIpc) is 3.37. The fraction of sp³-hybridized carbons (Fsp3) is 0.368. The molecular weight excluding hydrogens is 258 g/mol. The average molecular weight is 281 g/mol. The van der Waals surface area contributed by atoms with Gasteiger partial charge >= 0.3 is 0 Å². The SMILES string of the molecule is COc1ccc(CCNCc2ccccc2C2CC2)cc1. The summed E-state index contributed by atoms with van der Waals surface area (Å²) in [5.74, 6) is 1.75. The summed E-state index contributed by atoms with van der Waals surface area (Å²) in [5, 5.41) is 3.57. The number of rotatable bonds is 7. The summed E-state index contributed by atoms with van der Waals surface area (Å²) in [6.07, 6.45) is 3.78. The Balaban J connectivity index is 1.47. The minimum absolute atomic E-state index is 0.824. The van der Waals surface area contributed by atoms with Gasteiger partial charge in [0.1, 0.15) is 5.75 Å². The third kappa shape index (κ3) is 3.85. The van der Waals surface area contributed by atoms with Crippen molar-refractivity contribution in [3.05, 3.63) is 65.2 Å². The summed E-state index contributed by atoms with van der Waals surface area (Å²) in [6, 6.07) is 17.2. The van der Waals surface area contributed by atoms with Gasteiger partial charge in [-0.2, -0.15) is 0 Å². The number of ether oxygens (including phenoxy) is 1. The van der Waals surface area contributed by atoms with E-state index in [0.29, 0.717) is 0 Å². The summed E-state index contributed by atoms with van der Waals surface area (Å²) in [5.41, 5.74) is 4.36. The molecule has 0 aliphatic heterocycles. The highest BCUT2D eigenvalue weighted by Gasteiger charge is 2.25. The summed E-state index contributed by atoms with van der Waals surface area (Å²) in [6.45, 7) is 1.98. The molecule has 110 valence electrons. The van der Waals surface area contributed by atoms with Crippen molar-refractivity contribution in [2.24, 2.45) is 0 Å². The molecule has 1 aliphatic carbocycles. The molecule has 21 heavy (non-hydrogen) atoms. The molecule has 0 heterocycles. The maximum Gasteiger partial charge on any atom is 0.118 e. The molecule has 0 saturated heterocycles. The standard InChI is InChI=1S/C19H23NO/c1-21-18-10-6-15(7-11-18)12-13-20-14-17-4-2-3-5-19(17)16-8-9-16/h2-7,10-11,16,20H,8-9,12-14H2,1H3. The molecule has 0 atom stereocenters. The molecule has 2 aromatic rings. The van der Waals surface area contributed by atoms with E-state index in [-0.39, 0.29) is 0 Å². The number of benzene rings is 2. The van der Waals surface area contributed by atoms with Gasteiger partial charge in [-0.1, -0.05) is 36.4 Å². The van der Waals surface area contributed by atoms with Crippen LogP contribution in [0.2, 0.25) is 0 Å². The van der Waals surface area contributed by atoms with Crippen molar-refractivity contribution in [3.8, 4) is 5.75 Å². The maximum absolute atomic E-state index is 5.18. The van der Waals surface area contributed by atoms with E-state index in [1.54, 1.807) is 12.7 Å². The Morgan fingerprint density at radius 3 is 2.52 bits per heavy atom. The molecule has 0 radical (unpaired) electrons. The molecule has 0 bridgehead atoms. The Labute approximate surface area is 127 Å². The molecular formula is C19H23NO. The van der Waals surface area contributed by atoms with Crippen LogP contribution in [0.25, 0.3) is 0 Å². The van der Waals surface area contributed by atoms with Crippen LogP contribution in [0.3, 0.4) is 0 Å². The lowest BCUT2D eigenvalue weighted by molar-refractivity contribution is 0.414. The summed E-state index contributed by atoms with van der Waals surface area (Å²) < 4.78 is 5.18. The van der Waals surface area contributed by atoms with E-state index in [1.807, 2.05) is 12.1 Å². The van der Waals surface area contributed by atoms with Crippen molar-refractivity contribution in [1.82, 2.24) is 5.32 Å². The van der Waals surface area contributed by atoms with Gasteiger partial charge in [-0.05, 0) is 60.5 Å². The van der Waals surface area contributed by atoms with Gasteiger partial charge in [0, 0.05) is 6.54 Å². The van der Waals surface area contributed by atoms with Crippen LogP contribution in [0.4, 0.5) is 0 Å². The van der Waals surface area contributed by atoms with Crippen molar-refractivity contribution in [3.63, 3.8) is 0 Å². The van der Waals surface area contributed by atoms with Gasteiger partial charge < -0.3 is 10.1 Å². The predicted molar refractivity (Wildman–Crippen MR) is 86.8 cm³/mol. The molecule has 1 N–H and O–H groups in total. The van der Waals surface area contributed by atoms with Gasteiger partial charge in [0.05, 0.1) is 7.11 Å².